The molecule has 2 atom stereocenters. The first kappa shape index (κ1) is 30.1. The Labute approximate surface area is 253 Å². The number of amides is 3. The van der Waals surface area contributed by atoms with Crippen LogP contribution in [0.25, 0.3) is 0 Å². The van der Waals surface area contributed by atoms with Crippen LogP contribution in [0.4, 0.5) is 5.13 Å². The van der Waals surface area contributed by atoms with Gasteiger partial charge in [-0.1, -0.05) is 5.16 Å². The van der Waals surface area contributed by atoms with E-state index in [1.807, 2.05) is 7.05 Å². The van der Waals surface area contributed by atoms with Crippen molar-refractivity contribution in [3.05, 3.63) is 40.3 Å². The Balaban J connectivity index is 1.26. The molecule has 0 aliphatic carbocycles. The number of nitrogens with one attached hydrogen (secondary N) is 1. The highest BCUT2D eigenvalue weighted by atomic mass is 32.2. The van der Waals surface area contributed by atoms with Crippen LogP contribution in [-0.2, 0) is 19.2 Å². The summed E-state index contributed by atoms with van der Waals surface area (Å²) in [5.74, 6) is -3.79. The first-order chi connectivity index (χ1) is 20.4. The van der Waals surface area contributed by atoms with Crippen molar-refractivity contribution >= 4 is 57.6 Å². The number of thiazole rings is 1. The van der Waals surface area contributed by atoms with E-state index in [9.17, 15) is 34.5 Å². The molecule has 2 saturated heterocycles. The van der Waals surface area contributed by atoms with Gasteiger partial charge in [0.15, 0.2) is 22.3 Å². The van der Waals surface area contributed by atoms with E-state index >= 15 is 0 Å². The molecular formula is C25H28N8O8S2. The lowest BCUT2D eigenvalue weighted by Crippen LogP contribution is -2.72. The molecule has 0 spiro atoms. The molecule has 5 rings (SSSR count). The number of rotatable bonds is 8. The van der Waals surface area contributed by atoms with Crippen LogP contribution in [-0.4, -0.2) is 128 Å². The average molecular weight is 633 g/mol. The molecule has 0 unspecified atom stereocenters. The van der Waals surface area contributed by atoms with E-state index in [0.717, 1.165) is 28.5 Å². The molecule has 16 nitrogen and oxygen atoms in total. The fourth-order valence-electron chi connectivity index (χ4n) is 5.18. The van der Waals surface area contributed by atoms with Gasteiger partial charge in [0.05, 0.1) is 51.1 Å². The highest BCUT2D eigenvalue weighted by Gasteiger charge is 2.54. The molecule has 0 saturated carbocycles. The number of quaternary nitrogens is 1. The second kappa shape index (κ2) is 11.7. The van der Waals surface area contributed by atoms with E-state index in [-0.39, 0.29) is 27.9 Å². The minimum absolute atomic E-state index is 0.00246. The van der Waals surface area contributed by atoms with Crippen LogP contribution in [0.3, 0.4) is 0 Å². The normalized spacial score (nSPS) is 21.6. The number of likely N-dealkylation sites (N-methyl/N-ethyl adjacent to an activating group) is 1. The van der Waals surface area contributed by atoms with Gasteiger partial charge in [-0.15, -0.1) is 23.1 Å². The van der Waals surface area contributed by atoms with Gasteiger partial charge >= 0.3 is 0 Å². The topological polar surface area (TPSA) is 224 Å². The van der Waals surface area contributed by atoms with Gasteiger partial charge in [-0.3, -0.25) is 19.3 Å². The molecule has 228 valence electrons. The summed E-state index contributed by atoms with van der Waals surface area (Å²) in [6.45, 7) is 1.97. The molecule has 3 amide bonds. The number of aliphatic carboxylic acids is 1. The van der Waals surface area contributed by atoms with Crippen LogP contribution >= 0.6 is 23.1 Å². The molecule has 2 aromatic rings. The smallest absolute Gasteiger partial charge is 0.276 e. The second-order valence-corrected chi connectivity index (χ2v) is 12.4. The third-order valence-electron chi connectivity index (χ3n) is 7.45. The fraction of sp³-hybridized carbons (Fsp3) is 0.400. The number of nitrogens with two attached hydrogens (primary N) is 1. The molecule has 0 radical (unpaired) electrons. The van der Waals surface area contributed by atoms with Crippen molar-refractivity contribution in [3.8, 4) is 11.5 Å². The van der Waals surface area contributed by atoms with Crippen molar-refractivity contribution in [2.75, 3.05) is 58.4 Å². The van der Waals surface area contributed by atoms with Crippen LogP contribution < -0.4 is 16.2 Å². The maximum Gasteiger partial charge on any atom is 0.276 e. The van der Waals surface area contributed by atoms with Crippen molar-refractivity contribution in [2.24, 2.45) is 5.16 Å². The number of hydrogen-bond donors (Lipinski definition) is 4. The number of hydrogen-bond acceptors (Lipinski definition) is 14. The number of carbonyl (C=O) groups excluding carboxylic acids is 4. The van der Waals surface area contributed by atoms with Crippen LogP contribution in [0.1, 0.15) is 16.2 Å². The zero-order valence-electron chi connectivity index (χ0n) is 23.1. The number of thioether (sulfide) groups is 1. The summed E-state index contributed by atoms with van der Waals surface area (Å²) in [6.07, 6.45) is 1.00. The summed E-state index contributed by atoms with van der Waals surface area (Å²) in [5.41, 5.74) is 5.97. The highest BCUT2D eigenvalue weighted by molar-refractivity contribution is 8.00. The van der Waals surface area contributed by atoms with Crippen LogP contribution in [0.15, 0.2) is 34.1 Å². The number of aromatic nitrogens is 2. The van der Waals surface area contributed by atoms with Crippen molar-refractivity contribution in [1.29, 1.82) is 0 Å². The Hall–Kier alpha value is -4.42. The summed E-state index contributed by atoms with van der Waals surface area (Å²) in [5, 5.41) is 38.9. The second-order valence-electron chi connectivity index (χ2n) is 10.4. The molecule has 43 heavy (non-hydrogen) atoms. The van der Waals surface area contributed by atoms with Gasteiger partial charge in [0, 0.05) is 22.8 Å². The van der Waals surface area contributed by atoms with Gasteiger partial charge in [-0.2, -0.15) is 0 Å². The Morgan fingerprint density at radius 1 is 1.26 bits per heavy atom. The van der Waals surface area contributed by atoms with Gasteiger partial charge in [-0.05, 0) is 0 Å². The van der Waals surface area contributed by atoms with Crippen molar-refractivity contribution in [3.63, 3.8) is 0 Å². The Bertz CT molecular complexity index is 1550. The fourth-order valence-corrected chi connectivity index (χ4v) is 7.06. The number of anilines is 1. The monoisotopic (exact) mass is 632 g/mol. The zero-order chi connectivity index (χ0) is 31.1. The summed E-state index contributed by atoms with van der Waals surface area (Å²) in [7, 11) is 3.19. The molecule has 0 aromatic carbocycles. The lowest BCUT2D eigenvalue weighted by atomic mass is 10.0. The number of piperazine rings is 1. The zero-order valence-corrected chi connectivity index (χ0v) is 24.7. The number of carbonyl (C=O) groups is 4. The third kappa shape index (κ3) is 5.80. The maximum absolute atomic E-state index is 13.2. The third-order valence-corrected chi connectivity index (χ3v) is 9.46. The molecule has 5 heterocycles. The maximum atomic E-state index is 13.2. The summed E-state index contributed by atoms with van der Waals surface area (Å²) in [6, 6.07) is 0.103. The van der Waals surface area contributed by atoms with Crippen LogP contribution in [0, 0.1) is 0 Å². The summed E-state index contributed by atoms with van der Waals surface area (Å²) >= 11 is 2.43. The highest BCUT2D eigenvalue weighted by Crippen LogP contribution is 2.41. The predicted molar refractivity (Wildman–Crippen MR) is 151 cm³/mol. The van der Waals surface area contributed by atoms with E-state index < -0.39 is 46.6 Å². The minimum Gasteiger partial charge on any atom is -0.543 e. The number of fused-ring (bicyclic) bond motifs is 1. The minimum atomic E-state index is -1.49. The SMILES string of the molecule is CON=C(C(=O)N[C@@H]1C(=O)N2C(C(=O)[O-])=C(C[N+]3(C)CCN(C(=O)c4cc(O)c(O)cn4)CC3)CS[C@@H]12)c1csc(N)n1. The first-order valence-corrected chi connectivity index (χ1v) is 14.9. The van der Waals surface area contributed by atoms with Gasteiger partial charge in [0.2, 0.25) is 0 Å². The Morgan fingerprint density at radius 3 is 2.58 bits per heavy atom. The number of nitrogen functional groups attached to an aromatic ring is 1. The van der Waals surface area contributed by atoms with E-state index in [1.165, 1.54) is 24.3 Å². The number of aromatic hydroxyl groups is 2. The number of carboxylic acids is 1. The standard InChI is InChI=1S/C25H28N8O8S2/c1-33(5-3-31(4-6-33)21(37)13-7-15(34)16(35)8-27-13)9-12-10-42-23-18(22(38)32(23)19(12)24(39)40)29-20(36)17(30-41-2)14-11-43-25(26)28-14/h7-8,11,18,23H,3-6,9-10H2,1-2H3,(H5-,26,27,28,29,30,34,35,36,37,39,40)/t18-,23+/m1/s1. The van der Waals surface area contributed by atoms with Crippen LogP contribution in [0.2, 0.25) is 0 Å². The van der Waals surface area contributed by atoms with E-state index in [0.29, 0.717) is 48.5 Å². The number of oxime groups is 1. The van der Waals surface area contributed by atoms with Crippen molar-refractivity contribution < 1.29 is 43.8 Å². The van der Waals surface area contributed by atoms with Crippen molar-refractivity contribution in [1.82, 2.24) is 25.1 Å². The number of carboxylic acid groups (broad SMARTS) is 1. The van der Waals surface area contributed by atoms with E-state index in [4.69, 9.17) is 10.6 Å². The Kier molecular flexibility index (Phi) is 8.17. The first-order valence-electron chi connectivity index (χ1n) is 12.9. The average Bonchev–Trinajstić information content (AvgIpc) is 3.41. The Morgan fingerprint density at radius 2 is 1.98 bits per heavy atom. The van der Waals surface area contributed by atoms with E-state index in [1.54, 1.807) is 4.90 Å². The van der Waals surface area contributed by atoms with Gasteiger partial charge in [-0.25, -0.2) is 9.97 Å². The van der Waals surface area contributed by atoms with Gasteiger partial charge in [0.25, 0.3) is 17.7 Å². The summed E-state index contributed by atoms with van der Waals surface area (Å²) in [4.78, 5) is 66.7. The van der Waals surface area contributed by atoms with Gasteiger partial charge < -0.3 is 45.4 Å². The molecule has 0 bridgehead atoms. The molecule has 3 aliphatic rings. The summed E-state index contributed by atoms with van der Waals surface area (Å²) < 4.78 is 0.408. The molecule has 5 N–H and O–H groups in total. The largest absolute Gasteiger partial charge is 0.543 e. The molecule has 18 heteroatoms. The van der Waals surface area contributed by atoms with Crippen LogP contribution in [0.5, 0.6) is 11.5 Å². The quantitative estimate of drug-likeness (QED) is 0.106. The molecule has 2 aromatic heterocycles. The molecule has 2 fully saturated rings. The molecular weight excluding hydrogens is 604 g/mol. The van der Waals surface area contributed by atoms with Gasteiger partial charge in [0.1, 0.15) is 36.5 Å². The van der Waals surface area contributed by atoms with Crippen molar-refractivity contribution in [2.45, 2.75) is 11.4 Å². The lowest BCUT2D eigenvalue weighted by Gasteiger charge is -2.51. The molecule has 3 aliphatic heterocycles. The number of β-lactam (4-membered cyclic amide) rings is 1. The predicted octanol–water partition coefficient (Wildman–Crippen LogP) is -2.11. The van der Waals surface area contributed by atoms with E-state index in [2.05, 4.69) is 20.4 Å². The lowest BCUT2D eigenvalue weighted by molar-refractivity contribution is -0.908. The number of pyridine rings is 1. The number of nitrogens with zero attached hydrogens (tertiary/aromatic N) is 6.